The lowest BCUT2D eigenvalue weighted by Crippen LogP contribution is -2.30. The van der Waals surface area contributed by atoms with Gasteiger partial charge in [0.1, 0.15) is 23.3 Å². The Morgan fingerprint density at radius 1 is 0.769 bits per heavy atom. The van der Waals surface area contributed by atoms with Crippen molar-refractivity contribution < 1.29 is 9.47 Å². The second-order valence-corrected chi connectivity index (χ2v) is 9.52. The summed E-state index contributed by atoms with van der Waals surface area (Å²) in [6.07, 6.45) is 3.90. The lowest BCUT2D eigenvalue weighted by Gasteiger charge is -2.29. The van der Waals surface area contributed by atoms with E-state index in [1.54, 1.807) is 0 Å². The van der Waals surface area contributed by atoms with E-state index in [1.807, 2.05) is 98.0 Å². The summed E-state index contributed by atoms with van der Waals surface area (Å²) < 4.78 is 13.9. The molecule has 1 N–H and O–H groups in total. The molecule has 0 bridgehead atoms. The van der Waals surface area contributed by atoms with Gasteiger partial charge in [-0.2, -0.15) is 0 Å². The highest BCUT2D eigenvalue weighted by atomic mass is 32.1. The van der Waals surface area contributed by atoms with Gasteiger partial charge in [0.2, 0.25) is 0 Å². The van der Waals surface area contributed by atoms with Crippen LogP contribution < -0.4 is 19.7 Å². The van der Waals surface area contributed by atoms with Gasteiger partial charge in [-0.05, 0) is 104 Å². The van der Waals surface area contributed by atoms with E-state index in [-0.39, 0.29) is 12.1 Å². The zero-order chi connectivity index (χ0) is 26.6. The van der Waals surface area contributed by atoms with Crippen molar-refractivity contribution in [1.82, 2.24) is 14.9 Å². The van der Waals surface area contributed by atoms with E-state index in [4.69, 9.17) is 21.7 Å². The minimum atomic E-state index is -0.144. The predicted molar refractivity (Wildman–Crippen MR) is 158 cm³/mol. The minimum absolute atomic E-state index is 0.143. The van der Waals surface area contributed by atoms with Gasteiger partial charge in [0.25, 0.3) is 0 Å². The Labute approximate surface area is 233 Å². The molecule has 0 spiro atoms. The van der Waals surface area contributed by atoms with Gasteiger partial charge in [-0.15, -0.1) is 0 Å². The van der Waals surface area contributed by atoms with E-state index < -0.39 is 0 Å². The molecule has 0 saturated carbocycles. The van der Waals surface area contributed by atoms with Crippen molar-refractivity contribution in [3.8, 4) is 22.9 Å². The lowest BCUT2D eigenvalue weighted by atomic mass is 10.0. The number of nitrogens with one attached hydrogen (secondary N) is 1. The highest BCUT2D eigenvalue weighted by molar-refractivity contribution is 7.80. The molecule has 2 aromatic heterocycles. The Balaban J connectivity index is 1.38. The van der Waals surface area contributed by atoms with E-state index in [2.05, 4.69) is 50.2 Å². The number of para-hydroxylation sites is 1. The molecule has 39 heavy (non-hydrogen) atoms. The number of hydrogen-bond donors (Lipinski definition) is 1. The Morgan fingerprint density at radius 3 is 2.18 bits per heavy atom. The van der Waals surface area contributed by atoms with E-state index in [0.717, 1.165) is 40.0 Å². The van der Waals surface area contributed by atoms with Gasteiger partial charge in [-0.25, -0.2) is 0 Å². The molecule has 2 atom stereocenters. The van der Waals surface area contributed by atoms with Crippen LogP contribution in [0.3, 0.4) is 0 Å². The maximum Gasteiger partial charge on any atom is 0.174 e. The van der Waals surface area contributed by atoms with E-state index >= 15 is 0 Å². The van der Waals surface area contributed by atoms with Crippen LogP contribution in [0.2, 0.25) is 0 Å². The van der Waals surface area contributed by atoms with Crippen LogP contribution in [0.5, 0.6) is 17.2 Å². The van der Waals surface area contributed by atoms with Crippen LogP contribution >= 0.6 is 12.2 Å². The van der Waals surface area contributed by atoms with E-state index in [9.17, 15) is 0 Å². The zero-order valence-electron chi connectivity index (χ0n) is 21.5. The third kappa shape index (κ3) is 5.09. The van der Waals surface area contributed by atoms with Gasteiger partial charge in [-0.3, -0.25) is 4.98 Å². The Hall–Kier alpha value is -4.62. The number of rotatable bonds is 8. The molecule has 5 aromatic rings. The first-order valence-corrected chi connectivity index (χ1v) is 13.4. The molecule has 6 rings (SSSR count). The maximum absolute atomic E-state index is 6.02. The summed E-state index contributed by atoms with van der Waals surface area (Å²) in [5, 5.41) is 4.19. The van der Waals surface area contributed by atoms with Gasteiger partial charge in [0.15, 0.2) is 5.11 Å². The average Bonchev–Trinajstić information content (AvgIpc) is 3.59. The first-order chi connectivity index (χ1) is 19.2. The van der Waals surface area contributed by atoms with Crippen LogP contribution in [0.4, 0.5) is 5.69 Å². The van der Waals surface area contributed by atoms with Crippen molar-refractivity contribution in [2.24, 2.45) is 0 Å². The highest BCUT2D eigenvalue weighted by Crippen LogP contribution is 2.42. The first-order valence-electron chi connectivity index (χ1n) is 13.0. The molecule has 0 amide bonds. The van der Waals surface area contributed by atoms with Crippen LogP contribution in [0.1, 0.15) is 30.4 Å². The maximum atomic E-state index is 6.02. The highest BCUT2D eigenvalue weighted by Gasteiger charge is 2.42. The molecule has 1 fully saturated rings. The second-order valence-electron chi connectivity index (χ2n) is 9.14. The number of benzene rings is 3. The van der Waals surface area contributed by atoms with E-state index in [1.165, 1.54) is 0 Å². The summed E-state index contributed by atoms with van der Waals surface area (Å²) in [6, 6.07) is 35.9. The lowest BCUT2D eigenvalue weighted by molar-refractivity contribution is 0.340. The SMILES string of the molecule is CCOc1ccc(-n2cccc2[C@H]2[C@H](c3ccccn3)NC(=S)N2c2ccc(Oc3ccccc3)cc2)cc1. The molecule has 0 aliphatic carbocycles. The van der Waals surface area contributed by atoms with Crippen molar-refractivity contribution in [2.75, 3.05) is 11.5 Å². The third-order valence-electron chi connectivity index (χ3n) is 6.70. The number of thiocarbonyl (C=S) groups is 1. The van der Waals surface area contributed by atoms with Crippen molar-refractivity contribution >= 4 is 23.0 Å². The van der Waals surface area contributed by atoms with Gasteiger partial charge >= 0.3 is 0 Å². The summed E-state index contributed by atoms with van der Waals surface area (Å²) in [6.45, 7) is 2.62. The smallest absolute Gasteiger partial charge is 0.174 e. The molecule has 1 saturated heterocycles. The molecular formula is C32H28N4O2S. The standard InChI is InChI=1S/C32H28N4O2S/c1-2-37-25-17-13-23(14-18-25)35-22-8-12-29(35)31-30(28-11-6-7-21-33-28)34-32(39)36(31)24-15-19-27(20-16-24)38-26-9-4-3-5-10-26/h3-22,30-31H,2H2,1H3,(H,34,39)/t30-,31-/m0/s1. The topological polar surface area (TPSA) is 51.5 Å². The van der Waals surface area contributed by atoms with Crippen LogP contribution in [-0.4, -0.2) is 21.3 Å². The van der Waals surface area contributed by atoms with E-state index in [0.29, 0.717) is 11.7 Å². The van der Waals surface area contributed by atoms with Crippen molar-refractivity contribution in [1.29, 1.82) is 0 Å². The first kappa shape index (κ1) is 24.7. The normalized spacial score (nSPS) is 16.6. The van der Waals surface area contributed by atoms with Crippen molar-refractivity contribution in [3.63, 3.8) is 0 Å². The van der Waals surface area contributed by atoms with Crippen molar-refractivity contribution in [3.05, 3.63) is 133 Å². The summed E-state index contributed by atoms with van der Waals surface area (Å²) >= 11 is 5.92. The molecule has 1 aliphatic rings. The number of ether oxygens (including phenoxy) is 2. The zero-order valence-corrected chi connectivity index (χ0v) is 22.3. The van der Waals surface area contributed by atoms with Gasteiger partial charge in [0, 0.05) is 29.5 Å². The van der Waals surface area contributed by atoms with Crippen LogP contribution in [0, 0.1) is 0 Å². The van der Waals surface area contributed by atoms with Gasteiger partial charge < -0.3 is 24.3 Å². The second kappa shape index (κ2) is 11.0. The number of nitrogens with zero attached hydrogens (tertiary/aromatic N) is 3. The largest absolute Gasteiger partial charge is 0.494 e. The molecule has 194 valence electrons. The molecule has 3 aromatic carbocycles. The summed E-state index contributed by atoms with van der Waals surface area (Å²) in [4.78, 5) is 6.85. The Bertz CT molecular complexity index is 1540. The average molecular weight is 533 g/mol. The molecule has 1 aliphatic heterocycles. The number of hydrogen-bond acceptors (Lipinski definition) is 4. The summed E-state index contributed by atoms with van der Waals surface area (Å²) in [7, 11) is 0. The van der Waals surface area contributed by atoms with Gasteiger partial charge in [-0.1, -0.05) is 24.3 Å². The number of anilines is 1. The number of aromatic nitrogens is 2. The summed E-state index contributed by atoms with van der Waals surface area (Å²) in [5.41, 5.74) is 4.03. The number of pyridine rings is 1. The quantitative estimate of drug-likeness (QED) is 0.213. The molecule has 3 heterocycles. The van der Waals surface area contributed by atoms with Crippen molar-refractivity contribution in [2.45, 2.75) is 19.0 Å². The predicted octanol–water partition coefficient (Wildman–Crippen LogP) is 7.24. The third-order valence-corrected chi connectivity index (χ3v) is 7.02. The summed E-state index contributed by atoms with van der Waals surface area (Å²) in [5.74, 6) is 2.41. The monoisotopic (exact) mass is 532 g/mol. The van der Waals surface area contributed by atoms with Crippen LogP contribution in [0.15, 0.2) is 122 Å². The Kier molecular flexibility index (Phi) is 6.97. The molecule has 0 radical (unpaired) electrons. The van der Waals surface area contributed by atoms with Crippen LogP contribution in [-0.2, 0) is 0 Å². The molecule has 7 heteroatoms. The fourth-order valence-corrected chi connectivity index (χ4v) is 5.32. The minimum Gasteiger partial charge on any atom is -0.494 e. The van der Waals surface area contributed by atoms with Gasteiger partial charge in [0.05, 0.1) is 18.3 Å². The molecule has 0 unspecified atom stereocenters. The fraction of sp³-hybridized carbons (Fsp3) is 0.125. The molecular weight excluding hydrogens is 504 g/mol. The Morgan fingerprint density at radius 2 is 1.46 bits per heavy atom. The van der Waals surface area contributed by atoms with Crippen LogP contribution in [0.25, 0.3) is 5.69 Å². The fourth-order valence-electron chi connectivity index (χ4n) is 4.97. The molecule has 6 nitrogen and oxygen atoms in total.